The minimum Gasteiger partial charge on any atom is -0.507 e. The number of Topliss-reactive ketones (excluding diaryl/α,β-unsaturated/α-hetero) is 1. The molecule has 0 radical (unpaired) electrons. The van der Waals surface area contributed by atoms with Crippen LogP contribution in [0.25, 0.3) is 0 Å². The number of carbonyl (C=O) groups is 3. The molecule has 38 heavy (non-hydrogen) atoms. The van der Waals surface area contributed by atoms with Crippen molar-refractivity contribution in [2.24, 2.45) is 0 Å². The predicted octanol–water partition coefficient (Wildman–Crippen LogP) is -0.355. The molecule has 0 amide bonds. The van der Waals surface area contributed by atoms with E-state index in [-0.39, 0.29) is 28.0 Å². The number of ether oxygens (including phenoxy) is 3. The average molecular weight is 530 g/mol. The molecule has 6 unspecified atom stereocenters. The number of hydrogen-bond acceptors (Lipinski definition) is 12. The number of rotatable bonds is 5. The van der Waals surface area contributed by atoms with Crippen LogP contribution in [0.15, 0.2) is 18.2 Å². The number of aliphatic hydroxyl groups is 4. The molecule has 2 aromatic rings. The first-order chi connectivity index (χ1) is 17.9. The second-order valence-electron chi connectivity index (χ2n) is 9.68. The van der Waals surface area contributed by atoms with Gasteiger partial charge in [-0.1, -0.05) is 12.1 Å². The summed E-state index contributed by atoms with van der Waals surface area (Å²) in [6, 6.07) is 4.32. The smallest absolute Gasteiger partial charge is 0.202 e. The highest BCUT2D eigenvalue weighted by Gasteiger charge is 2.51. The molecule has 6 N–H and O–H groups in total. The maximum absolute atomic E-state index is 13.6. The minimum absolute atomic E-state index is 0.0616. The summed E-state index contributed by atoms with van der Waals surface area (Å²) in [5, 5.41) is 63.7. The van der Waals surface area contributed by atoms with E-state index < -0.39 is 95.7 Å². The summed E-state index contributed by atoms with van der Waals surface area (Å²) in [6.07, 6.45) is -8.36. The molecule has 2 aliphatic carbocycles. The van der Waals surface area contributed by atoms with Crippen LogP contribution in [0.3, 0.4) is 0 Å². The number of fused-ring (bicyclic) bond motifs is 3. The number of benzene rings is 2. The van der Waals surface area contributed by atoms with Crippen molar-refractivity contribution in [3.63, 3.8) is 0 Å². The van der Waals surface area contributed by atoms with Gasteiger partial charge in [0.15, 0.2) is 17.9 Å². The summed E-state index contributed by atoms with van der Waals surface area (Å²) in [5.74, 6) is -3.64. The first-order valence-corrected chi connectivity index (χ1v) is 11.8. The summed E-state index contributed by atoms with van der Waals surface area (Å²) in [5.41, 5.74) is -3.68. The van der Waals surface area contributed by atoms with E-state index in [0.29, 0.717) is 0 Å². The summed E-state index contributed by atoms with van der Waals surface area (Å²) in [4.78, 5) is 39.4. The number of methoxy groups -OCH3 is 1. The van der Waals surface area contributed by atoms with Crippen molar-refractivity contribution in [3.8, 4) is 17.2 Å². The standard InChI is InChI=1S/C26H26O12/c1-9(28)26(35)6-11-16(13(7-26)37-25-24(34)21(31)14(8-27)38-25)23(33)18-17(20(11)30)19(29)10-4-3-5-12(36-2)15(10)22(18)32/h3-5,13-14,21,24-25,27,30-31,33-35H,6-8H2,1-2H3. The Morgan fingerprint density at radius 2 is 1.76 bits per heavy atom. The fourth-order valence-corrected chi connectivity index (χ4v) is 5.44. The molecule has 0 spiro atoms. The van der Waals surface area contributed by atoms with Gasteiger partial charge in [0.1, 0.15) is 41.2 Å². The second-order valence-corrected chi connectivity index (χ2v) is 9.68. The van der Waals surface area contributed by atoms with Gasteiger partial charge in [0.2, 0.25) is 5.78 Å². The average Bonchev–Trinajstić information content (AvgIpc) is 3.16. The Hall–Kier alpha value is -3.39. The highest BCUT2D eigenvalue weighted by atomic mass is 16.7. The van der Waals surface area contributed by atoms with Gasteiger partial charge in [-0.05, 0) is 13.0 Å². The first-order valence-electron chi connectivity index (χ1n) is 11.8. The largest absolute Gasteiger partial charge is 0.507 e. The van der Waals surface area contributed by atoms with E-state index >= 15 is 0 Å². The topological polar surface area (TPSA) is 200 Å². The zero-order valence-corrected chi connectivity index (χ0v) is 20.4. The SMILES string of the molecule is COc1cccc2c1C(=O)c1c(O)c3c(c(O)c1C2=O)CC(O)(C(C)=O)CC3OC1OC(CO)C(O)C1O. The van der Waals surface area contributed by atoms with E-state index in [0.717, 1.165) is 6.92 Å². The van der Waals surface area contributed by atoms with Gasteiger partial charge in [-0.3, -0.25) is 14.4 Å². The van der Waals surface area contributed by atoms with Crippen LogP contribution >= 0.6 is 0 Å². The molecule has 0 saturated carbocycles. The van der Waals surface area contributed by atoms with E-state index in [9.17, 15) is 45.0 Å². The van der Waals surface area contributed by atoms with Crippen molar-refractivity contribution in [2.75, 3.05) is 13.7 Å². The van der Waals surface area contributed by atoms with E-state index in [4.69, 9.17) is 14.2 Å². The second kappa shape index (κ2) is 9.12. The molecule has 12 heteroatoms. The monoisotopic (exact) mass is 530 g/mol. The molecule has 5 rings (SSSR count). The maximum atomic E-state index is 13.6. The highest BCUT2D eigenvalue weighted by Crippen LogP contribution is 2.52. The number of aromatic hydroxyl groups is 2. The lowest BCUT2D eigenvalue weighted by atomic mass is 9.72. The third-order valence-electron chi connectivity index (χ3n) is 7.53. The van der Waals surface area contributed by atoms with E-state index in [1.54, 1.807) is 0 Å². The lowest BCUT2D eigenvalue weighted by Crippen LogP contribution is -2.46. The van der Waals surface area contributed by atoms with E-state index in [2.05, 4.69) is 0 Å². The lowest BCUT2D eigenvalue weighted by molar-refractivity contribution is -0.208. The van der Waals surface area contributed by atoms with Crippen molar-refractivity contribution in [3.05, 3.63) is 51.6 Å². The molecule has 0 aromatic heterocycles. The number of phenols is 2. The van der Waals surface area contributed by atoms with Gasteiger partial charge in [-0.25, -0.2) is 0 Å². The Balaban J connectivity index is 1.70. The summed E-state index contributed by atoms with van der Waals surface area (Å²) < 4.78 is 16.4. The van der Waals surface area contributed by atoms with Gasteiger partial charge >= 0.3 is 0 Å². The van der Waals surface area contributed by atoms with Crippen LogP contribution in [0.1, 0.15) is 62.4 Å². The molecule has 2 aromatic carbocycles. The Labute approximate surface area is 215 Å². The Morgan fingerprint density at radius 1 is 1.08 bits per heavy atom. The highest BCUT2D eigenvalue weighted by molar-refractivity contribution is 6.31. The molecular weight excluding hydrogens is 504 g/mol. The van der Waals surface area contributed by atoms with Gasteiger partial charge < -0.3 is 44.8 Å². The molecule has 1 saturated heterocycles. The van der Waals surface area contributed by atoms with Crippen LogP contribution in [-0.2, 0) is 20.7 Å². The maximum Gasteiger partial charge on any atom is 0.202 e. The summed E-state index contributed by atoms with van der Waals surface area (Å²) in [7, 11) is 1.31. The van der Waals surface area contributed by atoms with Crippen LogP contribution in [-0.4, -0.2) is 91.9 Å². The molecule has 1 heterocycles. The van der Waals surface area contributed by atoms with Gasteiger partial charge in [-0.2, -0.15) is 0 Å². The predicted molar refractivity (Wildman–Crippen MR) is 125 cm³/mol. The van der Waals surface area contributed by atoms with Crippen LogP contribution < -0.4 is 4.74 Å². The number of phenolic OH excluding ortho intramolecular Hbond substituents is 2. The molecule has 1 aliphatic heterocycles. The Kier molecular flexibility index (Phi) is 6.29. The number of ketones is 3. The molecule has 202 valence electrons. The quantitative estimate of drug-likeness (QED) is 0.235. The number of aliphatic hydroxyl groups excluding tert-OH is 3. The Bertz CT molecular complexity index is 1370. The van der Waals surface area contributed by atoms with E-state index in [1.165, 1.54) is 25.3 Å². The summed E-state index contributed by atoms with van der Waals surface area (Å²) in [6.45, 7) is 0.467. The number of hydrogen-bond donors (Lipinski definition) is 6. The van der Waals surface area contributed by atoms with Gasteiger partial charge in [0.25, 0.3) is 0 Å². The molecule has 12 nitrogen and oxygen atoms in total. The lowest BCUT2D eigenvalue weighted by Gasteiger charge is -2.39. The molecule has 6 atom stereocenters. The van der Waals surface area contributed by atoms with Gasteiger partial charge in [-0.15, -0.1) is 0 Å². The van der Waals surface area contributed by atoms with Crippen LogP contribution in [0.2, 0.25) is 0 Å². The first kappa shape index (κ1) is 26.2. The van der Waals surface area contributed by atoms with Crippen molar-refractivity contribution in [1.29, 1.82) is 0 Å². The normalized spacial score (nSPS) is 30.0. The van der Waals surface area contributed by atoms with Crippen LogP contribution in [0, 0.1) is 0 Å². The molecule has 3 aliphatic rings. The fourth-order valence-electron chi connectivity index (χ4n) is 5.44. The third-order valence-corrected chi connectivity index (χ3v) is 7.53. The van der Waals surface area contributed by atoms with Crippen molar-refractivity contribution in [2.45, 2.75) is 56.1 Å². The fraction of sp³-hybridized carbons (Fsp3) is 0.423. The molecule has 1 fully saturated rings. The zero-order chi connectivity index (χ0) is 27.7. The van der Waals surface area contributed by atoms with Crippen molar-refractivity contribution in [1.82, 2.24) is 0 Å². The van der Waals surface area contributed by atoms with Crippen LogP contribution in [0.5, 0.6) is 17.2 Å². The third kappa shape index (κ3) is 3.64. The Morgan fingerprint density at radius 3 is 2.37 bits per heavy atom. The minimum atomic E-state index is -2.11. The van der Waals surface area contributed by atoms with Crippen molar-refractivity contribution < 1.29 is 59.2 Å². The van der Waals surface area contributed by atoms with E-state index in [1.807, 2.05) is 0 Å². The van der Waals surface area contributed by atoms with Gasteiger partial charge in [0.05, 0.1) is 36.5 Å². The molecule has 0 bridgehead atoms. The summed E-state index contributed by atoms with van der Waals surface area (Å²) >= 11 is 0. The van der Waals surface area contributed by atoms with Gasteiger partial charge in [0, 0.05) is 29.5 Å². The van der Waals surface area contributed by atoms with Crippen LogP contribution in [0.4, 0.5) is 0 Å². The zero-order valence-electron chi connectivity index (χ0n) is 20.4. The molecular formula is C26H26O12. The number of carbonyl (C=O) groups excluding carboxylic acids is 3. The van der Waals surface area contributed by atoms with Crippen molar-refractivity contribution >= 4 is 17.3 Å².